The van der Waals surface area contributed by atoms with Crippen molar-refractivity contribution in [2.24, 2.45) is 0 Å². The van der Waals surface area contributed by atoms with E-state index in [1.165, 1.54) is 17.7 Å². The lowest BCUT2D eigenvalue weighted by Gasteiger charge is -2.20. The molecule has 108 valence electrons. The third-order valence-corrected chi connectivity index (χ3v) is 3.01. The van der Waals surface area contributed by atoms with Gasteiger partial charge in [0.25, 0.3) is 0 Å². The lowest BCUT2D eigenvalue weighted by Crippen LogP contribution is -2.23. The molecule has 0 aromatic heterocycles. The Labute approximate surface area is 118 Å². The van der Waals surface area contributed by atoms with E-state index in [9.17, 15) is 0 Å². The van der Waals surface area contributed by atoms with E-state index in [-0.39, 0.29) is 0 Å². The zero-order valence-corrected chi connectivity index (χ0v) is 12.8. The van der Waals surface area contributed by atoms with E-state index < -0.39 is 0 Å². The smallest absolute Gasteiger partial charge is 0.0644 e. The molecule has 0 unspecified atom stereocenters. The molecular weight excluding hydrogens is 236 g/mol. The summed E-state index contributed by atoms with van der Waals surface area (Å²) in [6, 6.07) is 8.74. The van der Waals surface area contributed by atoms with E-state index in [2.05, 4.69) is 62.3 Å². The zero-order chi connectivity index (χ0) is 14.1. The normalized spacial score (nSPS) is 11.0. The van der Waals surface area contributed by atoms with Gasteiger partial charge in [0.1, 0.15) is 0 Å². The average Bonchev–Trinajstić information content (AvgIpc) is 2.39. The number of benzene rings is 1. The van der Waals surface area contributed by atoms with Gasteiger partial charge < -0.3 is 15.0 Å². The molecule has 0 radical (unpaired) electrons. The first-order valence-electron chi connectivity index (χ1n) is 7.26. The molecule has 0 amide bonds. The van der Waals surface area contributed by atoms with E-state index in [1.807, 2.05) is 0 Å². The number of nitrogens with one attached hydrogen (secondary N) is 1. The Morgan fingerprint density at radius 2 is 1.89 bits per heavy atom. The molecule has 0 saturated heterocycles. The summed E-state index contributed by atoms with van der Waals surface area (Å²) in [7, 11) is 2.11. The van der Waals surface area contributed by atoms with Crippen LogP contribution in [0.2, 0.25) is 0 Å². The van der Waals surface area contributed by atoms with Crippen LogP contribution >= 0.6 is 0 Å². The minimum atomic E-state index is 0.306. The third-order valence-electron chi connectivity index (χ3n) is 3.01. The van der Waals surface area contributed by atoms with E-state index in [0.717, 1.165) is 26.2 Å². The van der Waals surface area contributed by atoms with Gasteiger partial charge in [0.15, 0.2) is 0 Å². The SMILES string of the molecule is CCCNCc1ccc(N(C)CCOC(C)C)cc1. The first kappa shape index (κ1) is 16.0. The largest absolute Gasteiger partial charge is 0.377 e. The van der Waals surface area contributed by atoms with Gasteiger partial charge in [-0.15, -0.1) is 0 Å². The molecule has 0 aliphatic heterocycles. The second-order valence-electron chi connectivity index (χ2n) is 5.18. The van der Waals surface area contributed by atoms with Crippen LogP contribution in [0.4, 0.5) is 5.69 Å². The van der Waals surface area contributed by atoms with Crippen molar-refractivity contribution >= 4 is 5.69 Å². The van der Waals surface area contributed by atoms with E-state index >= 15 is 0 Å². The van der Waals surface area contributed by atoms with Crippen LogP contribution in [-0.2, 0) is 11.3 Å². The summed E-state index contributed by atoms with van der Waals surface area (Å²) in [6.45, 7) is 10.0. The van der Waals surface area contributed by atoms with Gasteiger partial charge in [-0.1, -0.05) is 19.1 Å². The summed E-state index contributed by atoms with van der Waals surface area (Å²) in [5.74, 6) is 0. The van der Waals surface area contributed by atoms with Gasteiger partial charge in [0, 0.05) is 25.8 Å². The summed E-state index contributed by atoms with van der Waals surface area (Å²) < 4.78 is 5.57. The molecule has 0 saturated carbocycles. The minimum Gasteiger partial charge on any atom is -0.377 e. The first-order chi connectivity index (χ1) is 9.13. The van der Waals surface area contributed by atoms with Crippen LogP contribution in [0, 0.1) is 0 Å². The van der Waals surface area contributed by atoms with E-state index in [1.54, 1.807) is 0 Å². The molecule has 1 aromatic carbocycles. The van der Waals surface area contributed by atoms with E-state index in [0.29, 0.717) is 6.10 Å². The lowest BCUT2D eigenvalue weighted by atomic mass is 10.2. The Morgan fingerprint density at radius 3 is 2.47 bits per heavy atom. The predicted molar refractivity (Wildman–Crippen MR) is 82.8 cm³/mol. The number of ether oxygens (including phenoxy) is 1. The number of hydrogen-bond acceptors (Lipinski definition) is 3. The lowest BCUT2D eigenvalue weighted by molar-refractivity contribution is 0.0846. The average molecular weight is 264 g/mol. The molecule has 0 bridgehead atoms. The molecule has 1 rings (SSSR count). The van der Waals surface area contributed by atoms with Crippen molar-refractivity contribution in [1.82, 2.24) is 5.32 Å². The third kappa shape index (κ3) is 6.60. The Hall–Kier alpha value is -1.06. The summed E-state index contributed by atoms with van der Waals surface area (Å²) in [5.41, 5.74) is 2.58. The second-order valence-corrected chi connectivity index (χ2v) is 5.18. The molecule has 0 heterocycles. The van der Waals surface area contributed by atoms with Gasteiger partial charge in [-0.2, -0.15) is 0 Å². The van der Waals surface area contributed by atoms with Crippen LogP contribution in [0.5, 0.6) is 0 Å². The number of nitrogens with zero attached hydrogens (tertiary/aromatic N) is 1. The van der Waals surface area contributed by atoms with Crippen molar-refractivity contribution in [3.05, 3.63) is 29.8 Å². The molecule has 1 aromatic rings. The van der Waals surface area contributed by atoms with Crippen molar-refractivity contribution in [2.45, 2.75) is 39.8 Å². The highest BCUT2D eigenvalue weighted by atomic mass is 16.5. The molecule has 3 heteroatoms. The molecule has 3 nitrogen and oxygen atoms in total. The van der Waals surface area contributed by atoms with Crippen molar-refractivity contribution in [3.8, 4) is 0 Å². The van der Waals surface area contributed by atoms with Crippen LogP contribution in [0.3, 0.4) is 0 Å². The Balaban J connectivity index is 2.37. The van der Waals surface area contributed by atoms with Crippen LogP contribution in [0.25, 0.3) is 0 Å². The second kappa shape index (κ2) is 8.94. The van der Waals surface area contributed by atoms with Crippen molar-refractivity contribution in [1.29, 1.82) is 0 Å². The topological polar surface area (TPSA) is 24.5 Å². The summed E-state index contributed by atoms with van der Waals surface area (Å²) in [6.07, 6.45) is 1.48. The van der Waals surface area contributed by atoms with E-state index in [4.69, 9.17) is 4.74 Å². The van der Waals surface area contributed by atoms with Gasteiger partial charge >= 0.3 is 0 Å². The van der Waals surface area contributed by atoms with Crippen LogP contribution in [0.15, 0.2) is 24.3 Å². The molecule has 19 heavy (non-hydrogen) atoms. The Bertz CT molecular complexity index is 335. The molecule has 1 N–H and O–H groups in total. The van der Waals surface area contributed by atoms with Crippen LogP contribution < -0.4 is 10.2 Å². The highest BCUT2D eigenvalue weighted by Gasteiger charge is 2.02. The number of likely N-dealkylation sites (N-methyl/N-ethyl adjacent to an activating group) is 1. The Morgan fingerprint density at radius 1 is 1.21 bits per heavy atom. The molecule has 0 aliphatic carbocycles. The van der Waals surface area contributed by atoms with Crippen LogP contribution in [-0.4, -0.2) is 32.8 Å². The molecule has 0 spiro atoms. The molecule has 0 atom stereocenters. The highest BCUT2D eigenvalue weighted by Crippen LogP contribution is 2.13. The van der Waals surface area contributed by atoms with Gasteiger partial charge in [0.2, 0.25) is 0 Å². The highest BCUT2D eigenvalue weighted by molar-refractivity contribution is 5.46. The monoisotopic (exact) mass is 264 g/mol. The Kier molecular flexibility index (Phi) is 7.53. The zero-order valence-electron chi connectivity index (χ0n) is 12.8. The fourth-order valence-electron chi connectivity index (χ4n) is 1.83. The fraction of sp³-hybridized carbons (Fsp3) is 0.625. The number of hydrogen-bond donors (Lipinski definition) is 1. The van der Waals surface area contributed by atoms with Crippen molar-refractivity contribution < 1.29 is 4.74 Å². The maximum atomic E-state index is 5.57. The number of anilines is 1. The quantitative estimate of drug-likeness (QED) is 0.694. The summed E-state index contributed by atoms with van der Waals surface area (Å²) in [5, 5.41) is 3.41. The predicted octanol–water partition coefficient (Wildman–Crippen LogP) is 3.05. The standard InChI is InChI=1S/C16H28N2O/c1-5-10-17-13-15-6-8-16(9-7-15)18(4)11-12-19-14(2)3/h6-9,14,17H,5,10-13H2,1-4H3. The first-order valence-corrected chi connectivity index (χ1v) is 7.26. The molecule has 0 fully saturated rings. The van der Waals surface area contributed by atoms with Gasteiger partial charge in [-0.25, -0.2) is 0 Å². The maximum absolute atomic E-state index is 5.57. The van der Waals surface area contributed by atoms with Crippen molar-refractivity contribution in [2.75, 3.05) is 31.6 Å². The van der Waals surface area contributed by atoms with Crippen LogP contribution in [0.1, 0.15) is 32.8 Å². The van der Waals surface area contributed by atoms with Gasteiger partial charge in [0.05, 0.1) is 12.7 Å². The summed E-state index contributed by atoms with van der Waals surface area (Å²) in [4.78, 5) is 2.23. The van der Waals surface area contributed by atoms with Gasteiger partial charge in [-0.05, 0) is 44.5 Å². The van der Waals surface area contributed by atoms with Gasteiger partial charge in [-0.3, -0.25) is 0 Å². The summed E-state index contributed by atoms with van der Waals surface area (Å²) >= 11 is 0. The fourth-order valence-corrected chi connectivity index (χ4v) is 1.83. The minimum absolute atomic E-state index is 0.306. The number of rotatable bonds is 9. The maximum Gasteiger partial charge on any atom is 0.0644 e. The molecule has 0 aliphatic rings. The molecular formula is C16H28N2O. The van der Waals surface area contributed by atoms with Crippen molar-refractivity contribution in [3.63, 3.8) is 0 Å².